The molecule has 1 saturated carbocycles. The van der Waals surface area contributed by atoms with Crippen molar-refractivity contribution in [2.75, 3.05) is 0 Å². The summed E-state index contributed by atoms with van der Waals surface area (Å²) in [5, 5.41) is 0. The van der Waals surface area contributed by atoms with E-state index in [1.54, 1.807) is 0 Å². The predicted molar refractivity (Wildman–Crippen MR) is 131 cm³/mol. The van der Waals surface area contributed by atoms with Crippen LogP contribution in [0.4, 0.5) is 0 Å². The summed E-state index contributed by atoms with van der Waals surface area (Å²) < 4.78 is 0. The normalized spacial score (nSPS) is 19.5. The lowest BCUT2D eigenvalue weighted by atomic mass is 9.74. The van der Waals surface area contributed by atoms with Gasteiger partial charge in [-0.15, -0.1) is 0 Å². The Hall–Kier alpha value is 0. The second-order valence-corrected chi connectivity index (χ2v) is 15.3. The van der Waals surface area contributed by atoms with Crippen molar-refractivity contribution in [3.8, 4) is 0 Å². The Kier molecular flexibility index (Phi) is 9.87. The van der Waals surface area contributed by atoms with Gasteiger partial charge in [-0.05, 0) is 83.9 Å². The maximum absolute atomic E-state index is 2.40. The summed E-state index contributed by atoms with van der Waals surface area (Å²) in [5.74, 6) is 1.68. The van der Waals surface area contributed by atoms with Gasteiger partial charge in [-0.3, -0.25) is 0 Å². The average molecular weight is 395 g/mol. The van der Waals surface area contributed by atoms with Gasteiger partial charge in [0.2, 0.25) is 0 Å². The highest BCUT2D eigenvalue weighted by atomic mass is 14.5. The SMILES string of the molecule is CC(C)(C)CCC1(CC(C)(C)C)CC1.CC(CC(C)(C)C)C(C)CC(C)(C)C. The van der Waals surface area contributed by atoms with Gasteiger partial charge in [-0.1, -0.05) is 96.9 Å². The molecule has 0 aromatic rings. The summed E-state index contributed by atoms with van der Waals surface area (Å²) in [6.45, 7) is 33.1. The van der Waals surface area contributed by atoms with Crippen LogP contribution in [0.3, 0.4) is 0 Å². The first-order valence-corrected chi connectivity index (χ1v) is 12.1. The van der Waals surface area contributed by atoms with Gasteiger partial charge in [0.05, 0.1) is 0 Å². The minimum absolute atomic E-state index is 0.478. The molecule has 0 radical (unpaired) electrons. The van der Waals surface area contributed by atoms with Gasteiger partial charge in [0.25, 0.3) is 0 Å². The first-order chi connectivity index (χ1) is 12.1. The zero-order valence-electron chi connectivity index (χ0n) is 22.6. The Labute approximate surface area is 181 Å². The molecular weight excluding hydrogens is 336 g/mol. The summed E-state index contributed by atoms with van der Waals surface area (Å²) in [5.41, 5.74) is 2.74. The third kappa shape index (κ3) is 15.9. The lowest BCUT2D eigenvalue weighted by Crippen LogP contribution is -2.21. The Bertz CT molecular complexity index is 403. The van der Waals surface area contributed by atoms with Crippen LogP contribution in [0.25, 0.3) is 0 Å². The van der Waals surface area contributed by atoms with Crippen molar-refractivity contribution in [1.29, 1.82) is 0 Å². The Balaban J connectivity index is 0.000000521. The molecule has 170 valence electrons. The van der Waals surface area contributed by atoms with Gasteiger partial charge in [0.1, 0.15) is 0 Å². The smallest absolute Gasteiger partial charge is 0.0292 e. The minimum Gasteiger partial charge on any atom is -0.0622 e. The third-order valence-corrected chi connectivity index (χ3v) is 6.11. The highest BCUT2D eigenvalue weighted by Gasteiger charge is 2.44. The van der Waals surface area contributed by atoms with Crippen LogP contribution in [0.15, 0.2) is 0 Å². The second-order valence-electron chi connectivity index (χ2n) is 15.3. The highest BCUT2D eigenvalue weighted by molar-refractivity contribution is 4.96. The number of rotatable bonds is 6. The molecule has 1 rings (SSSR count). The third-order valence-electron chi connectivity index (χ3n) is 6.11. The first kappa shape index (κ1) is 28.0. The van der Waals surface area contributed by atoms with Crippen LogP contribution >= 0.6 is 0 Å². The molecule has 0 saturated heterocycles. The first-order valence-electron chi connectivity index (χ1n) is 12.1. The molecule has 2 atom stereocenters. The van der Waals surface area contributed by atoms with E-state index in [1.165, 1.54) is 44.9 Å². The number of hydrogen-bond donors (Lipinski definition) is 0. The molecule has 0 spiro atoms. The molecule has 0 nitrogen and oxygen atoms in total. The fraction of sp³-hybridized carbons (Fsp3) is 1.00. The summed E-state index contributed by atoms with van der Waals surface area (Å²) in [6, 6.07) is 0. The quantitative estimate of drug-likeness (QED) is 0.420. The topological polar surface area (TPSA) is 0 Å². The molecule has 28 heavy (non-hydrogen) atoms. The Morgan fingerprint density at radius 3 is 1.14 bits per heavy atom. The zero-order chi connectivity index (χ0) is 22.6. The van der Waals surface area contributed by atoms with Crippen LogP contribution in [0.5, 0.6) is 0 Å². The maximum atomic E-state index is 2.40. The molecule has 0 aliphatic heterocycles. The van der Waals surface area contributed by atoms with E-state index in [0.717, 1.165) is 17.3 Å². The average Bonchev–Trinajstić information content (AvgIpc) is 3.10. The largest absolute Gasteiger partial charge is 0.0622 e. The lowest BCUT2D eigenvalue weighted by molar-refractivity contribution is 0.196. The maximum Gasteiger partial charge on any atom is -0.0292 e. The molecule has 1 aliphatic carbocycles. The molecule has 0 aromatic heterocycles. The van der Waals surface area contributed by atoms with Gasteiger partial charge in [0.15, 0.2) is 0 Å². The van der Waals surface area contributed by atoms with Crippen molar-refractivity contribution in [3.05, 3.63) is 0 Å². The lowest BCUT2D eigenvalue weighted by Gasteiger charge is -2.31. The van der Waals surface area contributed by atoms with Crippen molar-refractivity contribution in [3.63, 3.8) is 0 Å². The van der Waals surface area contributed by atoms with Gasteiger partial charge >= 0.3 is 0 Å². The summed E-state index contributed by atoms with van der Waals surface area (Å²) in [4.78, 5) is 0. The Morgan fingerprint density at radius 1 is 0.571 bits per heavy atom. The van der Waals surface area contributed by atoms with Gasteiger partial charge < -0.3 is 0 Å². The molecule has 2 unspecified atom stereocenters. The predicted octanol–water partition coefficient (Wildman–Crippen LogP) is 10.2. The molecular formula is C28H58. The van der Waals surface area contributed by atoms with E-state index in [-0.39, 0.29) is 0 Å². The minimum atomic E-state index is 0.478. The van der Waals surface area contributed by atoms with Crippen LogP contribution in [0.2, 0.25) is 0 Å². The fourth-order valence-electron chi connectivity index (χ4n) is 4.79. The van der Waals surface area contributed by atoms with E-state index in [2.05, 4.69) is 96.9 Å². The summed E-state index contributed by atoms with van der Waals surface area (Å²) >= 11 is 0. The van der Waals surface area contributed by atoms with Crippen LogP contribution in [0.1, 0.15) is 142 Å². The van der Waals surface area contributed by atoms with Crippen molar-refractivity contribution in [2.45, 2.75) is 142 Å². The molecule has 0 N–H and O–H groups in total. The monoisotopic (exact) mass is 394 g/mol. The fourth-order valence-corrected chi connectivity index (χ4v) is 4.79. The molecule has 0 aromatic carbocycles. The van der Waals surface area contributed by atoms with Gasteiger partial charge in [0, 0.05) is 0 Å². The molecule has 0 bridgehead atoms. The Morgan fingerprint density at radius 2 is 0.929 bits per heavy atom. The van der Waals surface area contributed by atoms with Crippen molar-refractivity contribution < 1.29 is 0 Å². The van der Waals surface area contributed by atoms with Gasteiger partial charge in [-0.2, -0.15) is 0 Å². The van der Waals surface area contributed by atoms with Gasteiger partial charge in [-0.25, -0.2) is 0 Å². The van der Waals surface area contributed by atoms with E-state index in [4.69, 9.17) is 0 Å². The van der Waals surface area contributed by atoms with E-state index < -0.39 is 0 Å². The van der Waals surface area contributed by atoms with Crippen molar-refractivity contribution in [1.82, 2.24) is 0 Å². The molecule has 0 amide bonds. The molecule has 0 heteroatoms. The van der Waals surface area contributed by atoms with Crippen molar-refractivity contribution in [2.24, 2.45) is 38.9 Å². The number of hydrogen-bond acceptors (Lipinski definition) is 0. The van der Waals surface area contributed by atoms with Crippen molar-refractivity contribution >= 4 is 0 Å². The van der Waals surface area contributed by atoms with E-state index >= 15 is 0 Å². The molecule has 1 fully saturated rings. The standard InChI is InChI=1S/C14H28.C14H30/c1-12(2,3)7-8-14(9-10-14)11-13(4,5)6;1-11(9-13(3,4)5)12(2)10-14(6,7)8/h7-11H2,1-6H3;11-12H,9-10H2,1-8H3. The van der Waals surface area contributed by atoms with Crippen LogP contribution < -0.4 is 0 Å². The molecule has 1 aliphatic rings. The van der Waals surface area contributed by atoms with E-state index in [0.29, 0.717) is 21.7 Å². The van der Waals surface area contributed by atoms with E-state index in [9.17, 15) is 0 Å². The second kappa shape index (κ2) is 9.87. The van der Waals surface area contributed by atoms with E-state index in [1.807, 2.05) is 0 Å². The van der Waals surface area contributed by atoms with Crippen LogP contribution in [-0.2, 0) is 0 Å². The van der Waals surface area contributed by atoms with Crippen LogP contribution in [-0.4, -0.2) is 0 Å². The highest BCUT2D eigenvalue weighted by Crippen LogP contribution is 2.57. The summed E-state index contributed by atoms with van der Waals surface area (Å²) in [6.07, 6.45) is 9.92. The van der Waals surface area contributed by atoms with Crippen LogP contribution in [0, 0.1) is 38.9 Å². The molecule has 0 heterocycles. The summed E-state index contributed by atoms with van der Waals surface area (Å²) in [7, 11) is 0. The zero-order valence-corrected chi connectivity index (χ0v) is 22.6.